The SMILES string of the molecule is O=C(O)[C@H]1CC[C@@H](C2CCN(C(=O)c3cnn4ncccc34)CC2)O1. The Morgan fingerprint density at radius 2 is 1.96 bits per heavy atom. The summed E-state index contributed by atoms with van der Waals surface area (Å²) in [6.07, 6.45) is 5.56. The second-order valence-electron chi connectivity index (χ2n) is 6.66. The molecule has 1 amide bonds. The van der Waals surface area contributed by atoms with Crippen LogP contribution in [0, 0.1) is 5.92 Å². The number of carboxylic acids is 1. The molecule has 2 aromatic heterocycles. The first-order chi connectivity index (χ1) is 12.1. The van der Waals surface area contributed by atoms with Crippen LogP contribution in [0.4, 0.5) is 0 Å². The maximum absolute atomic E-state index is 12.8. The largest absolute Gasteiger partial charge is 0.479 e. The second kappa shape index (κ2) is 6.44. The Bertz CT molecular complexity index is 797. The fraction of sp³-hybridized carbons (Fsp3) is 0.529. The maximum atomic E-state index is 12.8. The van der Waals surface area contributed by atoms with Gasteiger partial charge in [0.1, 0.15) is 5.52 Å². The van der Waals surface area contributed by atoms with Crippen LogP contribution in [-0.2, 0) is 9.53 Å². The monoisotopic (exact) mass is 344 g/mol. The lowest BCUT2D eigenvalue weighted by Crippen LogP contribution is -2.41. The molecule has 2 fully saturated rings. The van der Waals surface area contributed by atoms with Crippen LogP contribution in [0.2, 0.25) is 0 Å². The zero-order chi connectivity index (χ0) is 17.4. The Labute approximate surface area is 144 Å². The lowest BCUT2D eigenvalue weighted by Gasteiger charge is -2.34. The molecule has 2 aliphatic heterocycles. The highest BCUT2D eigenvalue weighted by molar-refractivity contribution is 6.00. The van der Waals surface area contributed by atoms with Gasteiger partial charge in [0.25, 0.3) is 5.91 Å². The first kappa shape index (κ1) is 16.0. The molecule has 2 saturated heterocycles. The predicted octanol–water partition coefficient (Wildman–Crippen LogP) is 1.21. The first-order valence-corrected chi connectivity index (χ1v) is 8.60. The summed E-state index contributed by atoms with van der Waals surface area (Å²) in [6, 6.07) is 3.62. The standard InChI is InChI=1S/C17H20N4O4/c22-16(12-10-19-21-13(12)2-1-7-18-21)20-8-5-11(6-9-20)14-3-4-15(25-14)17(23)24/h1-2,7,10-11,14-15H,3-6,8-9H2,(H,23,24)/t14-,15+/m0/s1. The molecule has 0 radical (unpaired) electrons. The van der Waals surface area contributed by atoms with E-state index in [2.05, 4.69) is 10.2 Å². The molecule has 2 aromatic rings. The van der Waals surface area contributed by atoms with Crippen LogP contribution in [0.5, 0.6) is 0 Å². The Morgan fingerprint density at radius 1 is 1.16 bits per heavy atom. The number of rotatable bonds is 3. The third-order valence-corrected chi connectivity index (χ3v) is 5.21. The van der Waals surface area contributed by atoms with E-state index in [-0.39, 0.29) is 12.0 Å². The molecule has 0 unspecified atom stereocenters. The van der Waals surface area contributed by atoms with Gasteiger partial charge in [-0.3, -0.25) is 4.79 Å². The van der Waals surface area contributed by atoms with Crippen molar-refractivity contribution in [2.45, 2.75) is 37.9 Å². The van der Waals surface area contributed by atoms with E-state index in [1.54, 1.807) is 18.5 Å². The van der Waals surface area contributed by atoms with Crippen molar-refractivity contribution in [1.82, 2.24) is 19.7 Å². The van der Waals surface area contributed by atoms with Crippen molar-refractivity contribution in [3.8, 4) is 0 Å². The number of amides is 1. The van der Waals surface area contributed by atoms with Crippen LogP contribution in [0.25, 0.3) is 5.52 Å². The zero-order valence-electron chi connectivity index (χ0n) is 13.7. The highest BCUT2D eigenvalue weighted by Crippen LogP contribution is 2.32. The van der Waals surface area contributed by atoms with Gasteiger partial charge in [-0.15, -0.1) is 0 Å². The van der Waals surface area contributed by atoms with Crippen molar-refractivity contribution in [2.24, 2.45) is 5.92 Å². The maximum Gasteiger partial charge on any atom is 0.332 e. The molecule has 8 heteroatoms. The summed E-state index contributed by atoms with van der Waals surface area (Å²) in [5, 5.41) is 17.3. The quantitative estimate of drug-likeness (QED) is 0.899. The molecule has 8 nitrogen and oxygen atoms in total. The highest BCUT2D eigenvalue weighted by atomic mass is 16.5. The van der Waals surface area contributed by atoms with Crippen molar-refractivity contribution < 1.29 is 19.4 Å². The topological polar surface area (TPSA) is 97.0 Å². The minimum Gasteiger partial charge on any atom is -0.479 e. The summed E-state index contributed by atoms with van der Waals surface area (Å²) in [6.45, 7) is 1.30. The van der Waals surface area contributed by atoms with E-state index in [9.17, 15) is 9.59 Å². The molecule has 0 bridgehead atoms. The number of nitrogens with zero attached hydrogens (tertiary/aromatic N) is 4. The van der Waals surface area contributed by atoms with Gasteiger partial charge in [-0.05, 0) is 43.7 Å². The van der Waals surface area contributed by atoms with Crippen LogP contribution >= 0.6 is 0 Å². The van der Waals surface area contributed by atoms with E-state index < -0.39 is 12.1 Å². The van der Waals surface area contributed by atoms with Gasteiger partial charge >= 0.3 is 5.97 Å². The van der Waals surface area contributed by atoms with Crippen molar-refractivity contribution in [1.29, 1.82) is 0 Å². The van der Waals surface area contributed by atoms with Crippen LogP contribution in [-0.4, -0.2) is 62.0 Å². The normalized spacial score (nSPS) is 24.7. The predicted molar refractivity (Wildman–Crippen MR) is 87.1 cm³/mol. The number of carbonyl (C=O) groups excluding carboxylic acids is 1. The third kappa shape index (κ3) is 2.97. The summed E-state index contributed by atoms with van der Waals surface area (Å²) in [4.78, 5) is 25.6. The van der Waals surface area contributed by atoms with E-state index in [1.165, 1.54) is 4.63 Å². The number of hydrogen-bond acceptors (Lipinski definition) is 5. The molecule has 25 heavy (non-hydrogen) atoms. The molecule has 0 aliphatic carbocycles. The fourth-order valence-electron chi connectivity index (χ4n) is 3.83. The smallest absolute Gasteiger partial charge is 0.332 e. The summed E-state index contributed by atoms with van der Waals surface area (Å²) in [5.74, 6) is -0.590. The average molecular weight is 344 g/mol. The zero-order valence-corrected chi connectivity index (χ0v) is 13.7. The van der Waals surface area contributed by atoms with Crippen LogP contribution in [0.15, 0.2) is 24.5 Å². The van der Waals surface area contributed by atoms with Crippen molar-refractivity contribution in [3.05, 3.63) is 30.1 Å². The number of aromatic nitrogens is 3. The minimum absolute atomic E-state index is 0.000435. The number of aliphatic carboxylic acids is 1. The van der Waals surface area contributed by atoms with E-state index in [4.69, 9.17) is 9.84 Å². The third-order valence-electron chi connectivity index (χ3n) is 5.21. The number of hydrogen-bond donors (Lipinski definition) is 1. The molecular formula is C17H20N4O4. The molecule has 0 spiro atoms. The Kier molecular flexibility index (Phi) is 4.12. The molecule has 2 atom stereocenters. The van der Waals surface area contributed by atoms with E-state index >= 15 is 0 Å². The van der Waals surface area contributed by atoms with E-state index in [1.807, 2.05) is 11.0 Å². The molecule has 0 saturated carbocycles. The molecule has 4 rings (SSSR count). The van der Waals surface area contributed by atoms with Gasteiger partial charge in [-0.1, -0.05) is 0 Å². The van der Waals surface area contributed by atoms with Crippen molar-refractivity contribution in [2.75, 3.05) is 13.1 Å². The summed E-state index contributed by atoms with van der Waals surface area (Å²) in [5.41, 5.74) is 1.27. The number of ether oxygens (including phenoxy) is 1. The van der Waals surface area contributed by atoms with Gasteiger partial charge in [-0.2, -0.15) is 14.8 Å². The number of fused-ring (bicyclic) bond motifs is 1. The van der Waals surface area contributed by atoms with Gasteiger partial charge in [0.15, 0.2) is 6.10 Å². The van der Waals surface area contributed by atoms with Gasteiger partial charge in [0, 0.05) is 19.3 Å². The first-order valence-electron chi connectivity index (χ1n) is 8.60. The van der Waals surface area contributed by atoms with Crippen LogP contribution < -0.4 is 0 Å². The summed E-state index contributed by atoms with van der Waals surface area (Å²) >= 11 is 0. The molecule has 1 N–H and O–H groups in total. The Balaban J connectivity index is 1.39. The Hall–Kier alpha value is -2.48. The van der Waals surface area contributed by atoms with Crippen molar-refractivity contribution in [3.63, 3.8) is 0 Å². The van der Waals surface area contributed by atoms with Crippen molar-refractivity contribution >= 4 is 17.4 Å². The number of likely N-dealkylation sites (tertiary alicyclic amines) is 1. The number of piperidine rings is 1. The summed E-state index contributed by atoms with van der Waals surface area (Å²) in [7, 11) is 0. The molecular weight excluding hydrogens is 324 g/mol. The van der Waals surface area contributed by atoms with Crippen LogP contribution in [0.1, 0.15) is 36.0 Å². The molecule has 132 valence electrons. The average Bonchev–Trinajstić information content (AvgIpc) is 3.29. The highest BCUT2D eigenvalue weighted by Gasteiger charge is 2.37. The minimum atomic E-state index is -0.878. The van der Waals surface area contributed by atoms with E-state index in [0.29, 0.717) is 36.5 Å². The van der Waals surface area contributed by atoms with Crippen LogP contribution in [0.3, 0.4) is 0 Å². The lowest BCUT2D eigenvalue weighted by molar-refractivity contribution is -0.150. The number of carboxylic acid groups (broad SMARTS) is 1. The fourth-order valence-corrected chi connectivity index (χ4v) is 3.83. The van der Waals surface area contributed by atoms with Gasteiger partial charge < -0.3 is 14.7 Å². The Morgan fingerprint density at radius 3 is 2.68 bits per heavy atom. The second-order valence-corrected chi connectivity index (χ2v) is 6.66. The van der Waals surface area contributed by atoms with Gasteiger partial charge in [0.05, 0.1) is 17.9 Å². The van der Waals surface area contributed by atoms with Gasteiger partial charge in [-0.25, -0.2) is 4.79 Å². The van der Waals surface area contributed by atoms with E-state index in [0.717, 1.165) is 19.3 Å². The molecule has 0 aromatic carbocycles. The van der Waals surface area contributed by atoms with Gasteiger partial charge in [0.2, 0.25) is 0 Å². The lowest BCUT2D eigenvalue weighted by atomic mass is 9.89. The number of carbonyl (C=O) groups is 2. The summed E-state index contributed by atoms with van der Waals surface area (Å²) < 4.78 is 7.12. The molecule has 2 aliphatic rings. The molecule has 4 heterocycles.